The van der Waals surface area contributed by atoms with Gasteiger partial charge < -0.3 is 11.5 Å². The first-order valence-electron chi connectivity index (χ1n) is 5.40. The molecule has 0 radical (unpaired) electrons. The Morgan fingerprint density at radius 2 is 1.88 bits per heavy atom. The van der Waals surface area contributed by atoms with Gasteiger partial charge in [-0.2, -0.15) is 5.10 Å². The molecule has 0 saturated heterocycles. The van der Waals surface area contributed by atoms with E-state index in [1.807, 2.05) is 38.1 Å². The molecule has 17 heavy (non-hydrogen) atoms. The van der Waals surface area contributed by atoms with Gasteiger partial charge in [-0.15, -0.1) is 0 Å². The van der Waals surface area contributed by atoms with Crippen LogP contribution >= 0.6 is 11.6 Å². The zero-order valence-corrected chi connectivity index (χ0v) is 10.6. The molecule has 1 aromatic carbocycles. The third-order valence-corrected chi connectivity index (χ3v) is 2.92. The topological polar surface area (TPSA) is 69.9 Å². The normalized spacial score (nSPS) is 11.1. The van der Waals surface area contributed by atoms with Gasteiger partial charge in [0.1, 0.15) is 5.69 Å². The van der Waals surface area contributed by atoms with E-state index in [2.05, 4.69) is 5.10 Å². The van der Waals surface area contributed by atoms with E-state index < -0.39 is 0 Å². The fourth-order valence-electron chi connectivity index (χ4n) is 1.76. The van der Waals surface area contributed by atoms with E-state index in [-0.39, 0.29) is 6.04 Å². The summed E-state index contributed by atoms with van der Waals surface area (Å²) in [6.45, 7) is 4.04. The molecule has 0 spiro atoms. The molecule has 0 aliphatic rings. The summed E-state index contributed by atoms with van der Waals surface area (Å²) < 4.78 is 1.80. The maximum absolute atomic E-state index is 6.18. The Labute approximate surface area is 105 Å². The van der Waals surface area contributed by atoms with Gasteiger partial charge in [-0.3, -0.25) is 4.68 Å². The average Bonchev–Trinajstić information content (AvgIpc) is 2.57. The lowest BCUT2D eigenvalue weighted by atomic mass is 10.1. The molecule has 2 rings (SSSR count). The van der Waals surface area contributed by atoms with Gasteiger partial charge >= 0.3 is 0 Å². The third kappa shape index (κ3) is 1.96. The number of nitrogen functional groups attached to an aromatic ring is 2. The standard InChI is InChI=1S/C12H15ClN4/c1-7(2)17-11(10(14)12(15)16-17)8-5-3-4-6-9(8)13/h3-7H,14H2,1-2H3,(H2,15,16). The minimum Gasteiger partial charge on any atom is -0.394 e. The highest BCUT2D eigenvalue weighted by molar-refractivity contribution is 6.33. The maximum Gasteiger partial charge on any atom is 0.169 e. The molecule has 0 atom stereocenters. The van der Waals surface area contributed by atoms with Gasteiger partial charge in [0, 0.05) is 11.6 Å². The number of rotatable bonds is 2. The predicted octanol–water partition coefficient (Wildman–Crippen LogP) is 2.95. The number of benzene rings is 1. The van der Waals surface area contributed by atoms with E-state index in [4.69, 9.17) is 23.1 Å². The molecule has 2 aromatic rings. The summed E-state index contributed by atoms with van der Waals surface area (Å²) in [5.74, 6) is 0.341. The van der Waals surface area contributed by atoms with Crippen molar-refractivity contribution in [2.45, 2.75) is 19.9 Å². The van der Waals surface area contributed by atoms with Crippen LogP contribution in [0.3, 0.4) is 0 Å². The molecule has 0 bridgehead atoms. The summed E-state index contributed by atoms with van der Waals surface area (Å²) in [5, 5.41) is 4.88. The first-order valence-corrected chi connectivity index (χ1v) is 5.78. The summed E-state index contributed by atoms with van der Waals surface area (Å²) in [7, 11) is 0. The van der Waals surface area contributed by atoms with Crippen molar-refractivity contribution in [3.63, 3.8) is 0 Å². The molecule has 4 N–H and O–H groups in total. The Morgan fingerprint density at radius 3 is 2.47 bits per heavy atom. The molecule has 0 aliphatic carbocycles. The second-order valence-corrected chi connectivity index (χ2v) is 4.57. The van der Waals surface area contributed by atoms with Crippen LogP contribution in [0.15, 0.2) is 24.3 Å². The van der Waals surface area contributed by atoms with E-state index in [1.165, 1.54) is 0 Å². The number of anilines is 2. The summed E-state index contributed by atoms with van der Waals surface area (Å²) in [6, 6.07) is 7.69. The first kappa shape index (κ1) is 11.8. The summed E-state index contributed by atoms with van der Waals surface area (Å²) in [6.07, 6.45) is 0. The molecular weight excluding hydrogens is 236 g/mol. The van der Waals surface area contributed by atoms with Crippen LogP contribution in [0.5, 0.6) is 0 Å². The number of nitrogens with zero attached hydrogens (tertiary/aromatic N) is 2. The van der Waals surface area contributed by atoms with Gasteiger partial charge in [0.15, 0.2) is 5.82 Å². The van der Waals surface area contributed by atoms with Gasteiger partial charge in [-0.25, -0.2) is 0 Å². The number of halogens is 1. The molecule has 0 unspecified atom stereocenters. The molecule has 0 fully saturated rings. The van der Waals surface area contributed by atoms with Crippen LogP contribution in [-0.2, 0) is 0 Å². The highest BCUT2D eigenvalue weighted by Crippen LogP contribution is 2.36. The Morgan fingerprint density at radius 1 is 1.24 bits per heavy atom. The van der Waals surface area contributed by atoms with Crippen LogP contribution in [0.25, 0.3) is 11.3 Å². The molecule has 1 heterocycles. The monoisotopic (exact) mass is 250 g/mol. The summed E-state index contributed by atoms with van der Waals surface area (Å²) in [5.41, 5.74) is 13.9. The molecule has 5 heteroatoms. The van der Waals surface area contributed by atoms with Crippen molar-refractivity contribution in [3.8, 4) is 11.3 Å². The van der Waals surface area contributed by atoms with Crippen LogP contribution in [0.2, 0.25) is 5.02 Å². The molecule has 0 aliphatic heterocycles. The number of nitrogens with two attached hydrogens (primary N) is 2. The highest BCUT2D eigenvalue weighted by Gasteiger charge is 2.18. The highest BCUT2D eigenvalue weighted by atomic mass is 35.5. The molecule has 0 amide bonds. The van der Waals surface area contributed by atoms with E-state index in [0.29, 0.717) is 16.5 Å². The van der Waals surface area contributed by atoms with Crippen molar-refractivity contribution in [1.29, 1.82) is 0 Å². The second kappa shape index (κ2) is 4.30. The van der Waals surface area contributed by atoms with Gasteiger partial charge in [-0.05, 0) is 19.9 Å². The van der Waals surface area contributed by atoms with Crippen LogP contribution in [-0.4, -0.2) is 9.78 Å². The maximum atomic E-state index is 6.18. The lowest BCUT2D eigenvalue weighted by molar-refractivity contribution is 0.541. The van der Waals surface area contributed by atoms with Crippen molar-refractivity contribution < 1.29 is 0 Å². The van der Waals surface area contributed by atoms with E-state index in [0.717, 1.165) is 11.3 Å². The van der Waals surface area contributed by atoms with E-state index in [1.54, 1.807) is 4.68 Å². The summed E-state index contributed by atoms with van der Waals surface area (Å²) >= 11 is 6.18. The zero-order valence-electron chi connectivity index (χ0n) is 9.81. The van der Waals surface area contributed by atoms with Gasteiger partial charge in [0.25, 0.3) is 0 Å². The molecule has 4 nitrogen and oxygen atoms in total. The first-order chi connectivity index (χ1) is 8.02. The number of hydrogen-bond acceptors (Lipinski definition) is 3. The van der Waals surface area contributed by atoms with E-state index in [9.17, 15) is 0 Å². The lowest BCUT2D eigenvalue weighted by Gasteiger charge is -2.12. The van der Waals surface area contributed by atoms with E-state index >= 15 is 0 Å². The molecule has 0 saturated carbocycles. The van der Waals surface area contributed by atoms with Gasteiger partial charge in [-0.1, -0.05) is 29.8 Å². The van der Waals surface area contributed by atoms with Crippen molar-refractivity contribution in [2.75, 3.05) is 11.5 Å². The lowest BCUT2D eigenvalue weighted by Crippen LogP contribution is -2.05. The Kier molecular flexibility index (Phi) is 2.98. The van der Waals surface area contributed by atoms with Crippen molar-refractivity contribution in [3.05, 3.63) is 29.3 Å². The Hall–Kier alpha value is -1.68. The Balaban J connectivity index is 2.70. The van der Waals surface area contributed by atoms with Crippen molar-refractivity contribution >= 4 is 23.1 Å². The quantitative estimate of drug-likeness (QED) is 0.861. The van der Waals surface area contributed by atoms with Crippen LogP contribution in [0, 0.1) is 0 Å². The van der Waals surface area contributed by atoms with Crippen LogP contribution < -0.4 is 11.5 Å². The minimum atomic E-state index is 0.167. The fourth-order valence-corrected chi connectivity index (χ4v) is 1.99. The smallest absolute Gasteiger partial charge is 0.169 e. The zero-order chi connectivity index (χ0) is 12.6. The second-order valence-electron chi connectivity index (χ2n) is 4.17. The predicted molar refractivity (Wildman–Crippen MR) is 71.9 cm³/mol. The molecular formula is C12H15ClN4. The van der Waals surface area contributed by atoms with Gasteiger partial charge in [0.05, 0.1) is 10.7 Å². The molecule has 1 aromatic heterocycles. The molecule has 90 valence electrons. The fraction of sp³-hybridized carbons (Fsp3) is 0.250. The third-order valence-electron chi connectivity index (χ3n) is 2.59. The Bertz CT molecular complexity index is 545. The minimum absolute atomic E-state index is 0.167. The SMILES string of the molecule is CC(C)n1nc(N)c(N)c1-c1ccccc1Cl. The largest absolute Gasteiger partial charge is 0.394 e. The summed E-state index contributed by atoms with van der Waals surface area (Å²) in [4.78, 5) is 0. The van der Waals surface area contributed by atoms with Crippen LogP contribution in [0.4, 0.5) is 11.5 Å². The average molecular weight is 251 g/mol. The van der Waals surface area contributed by atoms with Gasteiger partial charge in [0.2, 0.25) is 0 Å². The number of hydrogen-bond donors (Lipinski definition) is 2. The number of aromatic nitrogens is 2. The van der Waals surface area contributed by atoms with Crippen LogP contribution in [0.1, 0.15) is 19.9 Å². The van der Waals surface area contributed by atoms with Crippen molar-refractivity contribution in [1.82, 2.24) is 9.78 Å². The van der Waals surface area contributed by atoms with Crippen molar-refractivity contribution in [2.24, 2.45) is 0 Å².